The van der Waals surface area contributed by atoms with E-state index in [9.17, 15) is 13.2 Å². The van der Waals surface area contributed by atoms with Crippen LogP contribution in [0, 0.1) is 0 Å². The quantitative estimate of drug-likeness (QED) is 0.412. The van der Waals surface area contributed by atoms with Gasteiger partial charge in [-0.3, -0.25) is 9.69 Å². The number of benzene rings is 3. The molecule has 3 aromatic carbocycles. The summed E-state index contributed by atoms with van der Waals surface area (Å²) < 4.78 is 39.0. The fraction of sp³-hybridized carbons (Fsp3) is 0.345. The number of amides is 1. The summed E-state index contributed by atoms with van der Waals surface area (Å²) in [7, 11) is -3.85. The number of ether oxygens (including phenoxy) is 2. The number of carbonyl (C=O) groups is 1. The molecule has 10 heteroatoms. The summed E-state index contributed by atoms with van der Waals surface area (Å²) in [5.41, 5.74) is 2.42. The van der Waals surface area contributed by atoms with Gasteiger partial charge in [0.25, 0.3) is 5.91 Å². The Hall–Kier alpha value is -2.95. The summed E-state index contributed by atoms with van der Waals surface area (Å²) in [5, 5.41) is 0.281. The molecule has 0 aromatic heterocycles. The van der Waals surface area contributed by atoms with E-state index in [4.69, 9.17) is 21.1 Å². The minimum Gasteiger partial charge on any atom is -0.482 e. The average molecular weight is 570 g/mol. The summed E-state index contributed by atoms with van der Waals surface area (Å²) >= 11 is 6.13. The van der Waals surface area contributed by atoms with Gasteiger partial charge in [0.05, 0.1) is 19.3 Å². The monoisotopic (exact) mass is 569 g/mol. The minimum absolute atomic E-state index is 0.0388. The van der Waals surface area contributed by atoms with Crippen molar-refractivity contribution in [1.82, 2.24) is 14.1 Å². The molecular formula is C29H32ClN3O5S. The third kappa shape index (κ3) is 6.45. The van der Waals surface area contributed by atoms with Gasteiger partial charge in [-0.15, -0.1) is 0 Å². The molecule has 0 atom stereocenters. The van der Waals surface area contributed by atoms with Gasteiger partial charge < -0.3 is 14.4 Å². The summed E-state index contributed by atoms with van der Waals surface area (Å²) in [6.07, 6.45) is 0. The molecule has 206 valence electrons. The maximum absolute atomic E-state index is 13.3. The summed E-state index contributed by atoms with van der Waals surface area (Å²) in [4.78, 5) is 17.2. The van der Waals surface area contributed by atoms with E-state index < -0.39 is 10.0 Å². The number of piperazine rings is 1. The lowest BCUT2D eigenvalue weighted by molar-refractivity contribution is -0.135. The fourth-order valence-electron chi connectivity index (χ4n) is 5.07. The maximum atomic E-state index is 13.3. The summed E-state index contributed by atoms with van der Waals surface area (Å²) in [6.45, 7) is 3.43. The molecule has 2 aliphatic heterocycles. The highest BCUT2D eigenvalue weighted by molar-refractivity contribution is 7.89. The molecule has 0 spiro atoms. The molecule has 0 bridgehead atoms. The highest BCUT2D eigenvalue weighted by atomic mass is 35.5. The molecule has 0 aliphatic carbocycles. The van der Waals surface area contributed by atoms with Crippen LogP contribution in [0.2, 0.25) is 5.02 Å². The second-order valence-corrected chi connectivity index (χ2v) is 11.9. The second kappa shape index (κ2) is 12.5. The van der Waals surface area contributed by atoms with E-state index in [1.807, 2.05) is 36.4 Å². The van der Waals surface area contributed by atoms with Crippen molar-refractivity contribution in [3.63, 3.8) is 0 Å². The van der Waals surface area contributed by atoms with Crippen molar-refractivity contribution in [2.75, 3.05) is 59.1 Å². The van der Waals surface area contributed by atoms with Crippen LogP contribution >= 0.6 is 11.6 Å². The molecule has 0 N–H and O–H groups in total. The van der Waals surface area contributed by atoms with Gasteiger partial charge in [-0.25, -0.2) is 8.42 Å². The molecule has 2 aliphatic rings. The first-order valence-corrected chi connectivity index (χ1v) is 14.9. The molecule has 39 heavy (non-hydrogen) atoms. The van der Waals surface area contributed by atoms with Crippen molar-refractivity contribution in [2.24, 2.45) is 0 Å². The molecule has 2 saturated heterocycles. The Morgan fingerprint density at radius 2 is 1.44 bits per heavy atom. The lowest BCUT2D eigenvalue weighted by Crippen LogP contribution is -2.51. The number of halogens is 1. The lowest BCUT2D eigenvalue weighted by Gasteiger charge is -2.39. The summed E-state index contributed by atoms with van der Waals surface area (Å²) in [6, 6.07) is 25.3. The van der Waals surface area contributed by atoms with Crippen LogP contribution in [-0.4, -0.2) is 87.5 Å². The predicted octanol–water partition coefficient (Wildman–Crippen LogP) is 3.67. The smallest absolute Gasteiger partial charge is 0.260 e. The van der Waals surface area contributed by atoms with Gasteiger partial charge in [0.15, 0.2) is 6.61 Å². The highest BCUT2D eigenvalue weighted by Gasteiger charge is 2.31. The van der Waals surface area contributed by atoms with Crippen LogP contribution in [-0.2, 0) is 19.6 Å². The van der Waals surface area contributed by atoms with Crippen LogP contribution in [0.3, 0.4) is 0 Å². The van der Waals surface area contributed by atoms with Gasteiger partial charge in [-0.05, 0) is 29.3 Å². The molecule has 0 unspecified atom stereocenters. The van der Waals surface area contributed by atoms with Crippen molar-refractivity contribution in [3.8, 4) is 5.75 Å². The third-order valence-corrected chi connectivity index (χ3v) is 9.26. The van der Waals surface area contributed by atoms with Crippen molar-refractivity contribution >= 4 is 27.5 Å². The molecule has 3 aromatic rings. The fourth-order valence-corrected chi connectivity index (χ4v) is 6.88. The van der Waals surface area contributed by atoms with Crippen LogP contribution < -0.4 is 4.74 Å². The van der Waals surface area contributed by atoms with Crippen molar-refractivity contribution in [1.29, 1.82) is 0 Å². The summed E-state index contributed by atoms with van der Waals surface area (Å²) in [5.74, 6) is -0.0682. The number of carbonyl (C=O) groups excluding carboxylic acids is 1. The van der Waals surface area contributed by atoms with Gasteiger partial charge in [0.1, 0.15) is 10.6 Å². The Kier molecular flexibility index (Phi) is 8.84. The van der Waals surface area contributed by atoms with Crippen LogP contribution in [0.4, 0.5) is 0 Å². The zero-order valence-corrected chi connectivity index (χ0v) is 23.2. The molecule has 8 nitrogen and oxygen atoms in total. The van der Waals surface area contributed by atoms with Crippen molar-refractivity contribution < 1.29 is 22.7 Å². The molecule has 0 saturated carbocycles. The third-order valence-electron chi connectivity index (χ3n) is 7.11. The highest BCUT2D eigenvalue weighted by Crippen LogP contribution is 2.31. The van der Waals surface area contributed by atoms with Gasteiger partial charge in [-0.1, -0.05) is 72.3 Å². The number of morpholine rings is 1. The molecule has 2 fully saturated rings. The zero-order chi connectivity index (χ0) is 27.2. The Labute approximate surface area is 234 Å². The first kappa shape index (κ1) is 27.6. The normalized spacial score (nSPS) is 17.3. The Bertz CT molecular complexity index is 1320. The van der Waals surface area contributed by atoms with Crippen molar-refractivity contribution in [2.45, 2.75) is 10.9 Å². The number of rotatable bonds is 8. The second-order valence-electron chi connectivity index (χ2n) is 9.54. The van der Waals surface area contributed by atoms with E-state index in [2.05, 4.69) is 29.2 Å². The molecule has 5 rings (SSSR count). The number of hydrogen-bond donors (Lipinski definition) is 0. The van der Waals surface area contributed by atoms with E-state index in [-0.39, 0.29) is 47.3 Å². The molecule has 2 heterocycles. The molecule has 0 radical (unpaired) electrons. The van der Waals surface area contributed by atoms with E-state index >= 15 is 0 Å². The van der Waals surface area contributed by atoms with Gasteiger partial charge >= 0.3 is 0 Å². The Morgan fingerprint density at radius 3 is 2.03 bits per heavy atom. The number of nitrogens with zero attached hydrogens (tertiary/aromatic N) is 3. The molecule has 1 amide bonds. The van der Waals surface area contributed by atoms with Crippen LogP contribution in [0.1, 0.15) is 17.2 Å². The minimum atomic E-state index is -3.85. The van der Waals surface area contributed by atoms with E-state index in [0.717, 1.165) is 0 Å². The van der Waals surface area contributed by atoms with Gasteiger partial charge in [-0.2, -0.15) is 4.31 Å². The molecular weight excluding hydrogens is 538 g/mol. The Morgan fingerprint density at radius 1 is 0.846 bits per heavy atom. The lowest BCUT2D eigenvalue weighted by atomic mass is 9.96. The first-order chi connectivity index (χ1) is 18.9. The van der Waals surface area contributed by atoms with E-state index in [1.54, 1.807) is 11.0 Å². The maximum Gasteiger partial charge on any atom is 0.260 e. The van der Waals surface area contributed by atoms with Gasteiger partial charge in [0.2, 0.25) is 10.0 Å². The largest absolute Gasteiger partial charge is 0.482 e. The van der Waals surface area contributed by atoms with Crippen molar-refractivity contribution in [3.05, 3.63) is 95.0 Å². The average Bonchev–Trinajstić information content (AvgIpc) is 2.98. The standard InChI is InChI=1S/C29H32ClN3O5S/c30-25-11-12-26(27(21-25)39(35,36)33-17-19-37-20-18-33)38-22-28(34)31-13-15-32(16-14-31)29(23-7-3-1-4-8-23)24-9-5-2-6-10-24/h1-12,21,29H,13-20,22H2. The van der Waals surface area contributed by atoms with Crippen LogP contribution in [0.15, 0.2) is 83.8 Å². The van der Waals surface area contributed by atoms with Crippen LogP contribution in [0.5, 0.6) is 5.75 Å². The first-order valence-electron chi connectivity index (χ1n) is 13.1. The topological polar surface area (TPSA) is 79.4 Å². The Balaban J connectivity index is 1.24. The zero-order valence-electron chi connectivity index (χ0n) is 21.6. The van der Waals surface area contributed by atoms with E-state index in [0.29, 0.717) is 39.4 Å². The van der Waals surface area contributed by atoms with E-state index in [1.165, 1.54) is 27.6 Å². The van der Waals surface area contributed by atoms with Gasteiger partial charge in [0, 0.05) is 44.3 Å². The number of sulfonamides is 1. The predicted molar refractivity (Wildman–Crippen MR) is 149 cm³/mol. The number of hydrogen-bond acceptors (Lipinski definition) is 6. The SMILES string of the molecule is O=C(COc1ccc(Cl)cc1S(=O)(=O)N1CCOCC1)N1CCN(C(c2ccccc2)c2ccccc2)CC1. The van der Waals surface area contributed by atoms with Crippen LogP contribution in [0.25, 0.3) is 0 Å².